The molecule has 4 nitrogen and oxygen atoms in total. The minimum Gasteiger partial charge on any atom is -0.414 e. The summed E-state index contributed by atoms with van der Waals surface area (Å²) in [6.07, 6.45) is 4.31. The maximum Gasteiger partial charge on any atom is 0.192 e. The van der Waals surface area contributed by atoms with Crippen molar-refractivity contribution in [2.24, 2.45) is 0 Å². The van der Waals surface area contributed by atoms with E-state index >= 15 is 0 Å². The van der Waals surface area contributed by atoms with Gasteiger partial charge in [0.1, 0.15) is 0 Å². The van der Waals surface area contributed by atoms with E-state index in [2.05, 4.69) is 55.2 Å². The molecule has 24 heavy (non-hydrogen) atoms. The quantitative estimate of drug-likeness (QED) is 0.791. The molecule has 3 rings (SSSR count). The smallest absolute Gasteiger partial charge is 0.192 e. The highest BCUT2D eigenvalue weighted by Gasteiger charge is 2.39. The maximum absolute atomic E-state index is 6.60. The number of rotatable bonds is 3. The van der Waals surface area contributed by atoms with E-state index in [4.69, 9.17) is 10.2 Å². The maximum atomic E-state index is 6.60. The SMILES string of the molecule is CC(C)(C)[Si](C)(C)OC1CCN(c2c(N)cnc3ccsc23)CC1. The lowest BCUT2D eigenvalue weighted by Crippen LogP contribution is -2.47. The fraction of sp³-hybridized carbons (Fsp3) is 0.611. The van der Waals surface area contributed by atoms with Crippen LogP contribution in [0.1, 0.15) is 33.6 Å². The number of nitrogen functional groups attached to an aromatic ring is 1. The second-order valence-electron chi connectivity index (χ2n) is 8.26. The Kier molecular flexibility index (Phi) is 4.66. The Balaban J connectivity index is 1.71. The lowest BCUT2D eigenvalue weighted by atomic mass is 10.1. The van der Waals surface area contributed by atoms with Crippen molar-refractivity contribution in [3.05, 3.63) is 17.6 Å². The Bertz CT molecular complexity index is 715. The van der Waals surface area contributed by atoms with Gasteiger partial charge in [-0.1, -0.05) is 20.8 Å². The zero-order chi connectivity index (χ0) is 17.5. The second kappa shape index (κ2) is 6.31. The van der Waals surface area contributed by atoms with Crippen LogP contribution in [0.5, 0.6) is 0 Å². The molecule has 0 aliphatic carbocycles. The van der Waals surface area contributed by atoms with E-state index < -0.39 is 8.32 Å². The van der Waals surface area contributed by atoms with E-state index in [9.17, 15) is 0 Å². The standard InChI is InChI=1S/C18H29N3OSSi/c1-18(2,3)24(4,5)22-13-6-9-21(10-7-13)16-14(19)12-20-15-8-11-23-17(15)16/h8,11-13H,6-7,9-10,19H2,1-5H3. The van der Waals surface area contributed by atoms with Gasteiger partial charge in [-0.25, -0.2) is 0 Å². The summed E-state index contributed by atoms with van der Waals surface area (Å²) in [6, 6.07) is 2.07. The molecule has 3 heterocycles. The molecule has 2 aromatic rings. The van der Waals surface area contributed by atoms with Crippen LogP contribution in [0.15, 0.2) is 17.6 Å². The van der Waals surface area contributed by atoms with Crippen LogP contribution < -0.4 is 10.6 Å². The average Bonchev–Trinajstić information content (AvgIpc) is 2.95. The number of anilines is 2. The number of hydrogen-bond donors (Lipinski definition) is 1. The zero-order valence-corrected chi connectivity index (χ0v) is 17.2. The number of hydrogen-bond acceptors (Lipinski definition) is 5. The number of fused-ring (bicyclic) bond motifs is 1. The molecular weight excluding hydrogens is 334 g/mol. The highest BCUT2D eigenvalue weighted by molar-refractivity contribution is 7.17. The second-order valence-corrected chi connectivity index (χ2v) is 13.9. The predicted octanol–water partition coefficient (Wildman–Crippen LogP) is 4.87. The normalized spacial score (nSPS) is 17.6. The molecule has 0 unspecified atom stereocenters. The molecule has 132 valence electrons. The van der Waals surface area contributed by atoms with Gasteiger partial charge in [0.25, 0.3) is 0 Å². The minimum atomic E-state index is -1.69. The molecule has 2 aromatic heterocycles. The van der Waals surface area contributed by atoms with Crippen LogP contribution in [0, 0.1) is 0 Å². The fourth-order valence-electron chi connectivity index (χ4n) is 3.03. The first-order chi connectivity index (χ1) is 11.2. The molecule has 0 aromatic carbocycles. The molecule has 0 amide bonds. The molecule has 1 aliphatic heterocycles. The average molecular weight is 364 g/mol. The summed E-state index contributed by atoms with van der Waals surface area (Å²) in [5.41, 5.74) is 9.25. The van der Waals surface area contributed by atoms with Crippen molar-refractivity contribution >= 4 is 41.2 Å². The highest BCUT2D eigenvalue weighted by Crippen LogP contribution is 2.40. The zero-order valence-electron chi connectivity index (χ0n) is 15.4. The van der Waals surface area contributed by atoms with Gasteiger partial charge in [0.2, 0.25) is 0 Å². The molecule has 0 saturated carbocycles. The van der Waals surface area contributed by atoms with Crippen molar-refractivity contribution in [3.8, 4) is 0 Å². The molecule has 1 saturated heterocycles. The van der Waals surface area contributed by atoms with Gasteiger partial charge in [0.05, 0.1) is 27.8 Å². The summed E-state index contributed by atoms with van der Waals surface area (Å²) in [5.74, 6) is 0. The largest absolute Gasteiger partial charge is 0.414 e. The van der Waals surface area contributed by atoms with Crippen LogP contribution in [0.4, 0.5) is 11.4 Å². The Hall–Kier alpha value is -1.11. The van der Waals surface area contributed by atoms with Gasteiger partial charge in [0.15, 0.2) is 8.32 Å². The Morgan fingerprint density at radius 1 is 1.29 bits per heavy atom. The predicted molar refractivity (Wildman–Crippen MR) is 108 cm³/mol. The first-order valence-corrected chi connectivity index (χ1v) is 12.5. The van der Waals surface area contributed by atoms with Crippen LogP contribution in [0.2, 0.25) is 18.1 Å². The van der Waals surface area contributed by atoms with Crippen LogP contribution in [-0.2, 0) is 4.43 Å². The third kappa shape index (κ3) is 3.32. The van der Waals surface area contributed by atoms with E-state index in [1.807, 2.05) is 0 Å². The Morgan fingerprint density at radius 2 is 1.96 bits per heavy atom. The monoisotopic (exact) mass is 363 g/mol. The molecule has 0 spiro atoms. The fourth-order valence-corrected chi connectivity index (χ4v) is 5.39. The van der Waals surface area contributed by atoms with Gasteiger partial charge in [0, 0.05) is 19.2 Å². The number of nitrogens with zero attached hydrogens (tertiary/aromatic N) is 2. The number of pyridine rings is 1. The van der Waals surface area contributed by atoms with Crippen LogP contribution in [0.3, 0.4) is 0 Å². The highest BCUT2D eigenvalue weighted by atomic mass is 32.1. The molecule has 6 heteroatoms. The molecule has 0 atom stereocenters. The van der Waals surface area contributed by atoms with Crippen molar-refractivity contribution in [1.29, 1.82) is 0 Å². The summed E-state index contributed by atoms with van der Waals surface area (Å²) in [7, 11) is -1.69. The van der Waals surface area contributed by atoms with E-state index in [1.165, 1.54) is 10.4 Å². The van der Waals surface area contributed by atoms with E-state index in [-0.39, 0.29) is 5.04 Å². The van der Waals surface area contributed by atoms with Gasteiger partial charge >= 0.3 is 0 Å². The van der Waals surface area contributed by atoms with Gasteiger partial charge in [-0.2, -0.15) is 0 Å². The summed E-state index contributed by atoms with van der Waals surface area (Å²) in [5, 5.41) is 2.36. The van der Waals surface area contributed by atoms with Gasteiger partial charge in [-0.3, -0.25) is 4.98 Å². The van der Waals surface area contributed by atoms with Crippen LogP contribution in [0.25, 0.3) is 10.2 Å². The molecular formula is C18H29N3OSSi. The number of aromatic nitrogens is 1. The summed E-state index contributed by atoms with van der Waals surface area (Å²) in [4.78, 5) is 6.84. The number of thiophene rings is 1. The van der Waals surface area contributed by atoms with Crippen molar-refractivity contribution in [2.75, 3.05) is 23.7 Å². The molecule has 2 N–H and O–H groups in total. The Morgan fingerprint density at radius 3 is 2.58 bits per heavy atom. The summed E-state index contributed by atoms with van der Waals surface area (Å²) < 4.78 is 7.81. The molecule has 1 aliphatic rings. The third-order valence-electron chi connectivity index (χ3n) is 5.50. The molecule has 0 bridgehead atoms. The van der Waals surface area contributed by atoms with E-state index in [1.54, 1.807) is 17.5 Å². The Labute approximate surface area is 150 Å². The first kappa shape index (κ1) is 17.7. The van der Waals surface area contributed by atoms with Gasteiger partial charge in [-0.15, -0.1) is 11.3 Å². The van der Waals surface area contributed by atoms with Gasteiger partial charge in [-0.05, 0) is 42.4 Å². The topological polar surface area (TPSA) is 51.4 Å². The lowest BCUT2D eigenvalue weighted by Gasteiger charge is -2.42. The van der Waals surface area contributed by atoms with Crippen molar-refractivity contribution < 1.29 is 4.43 Å². The third-order valence-corrected chi connectivity index (χ3v) is 10.9. The summed E-state index contributed by atoms with van der Waals surface area (Å²) >= 11 is 1.73. The minimum absolute atomic E-state index is 0.267. The van der Waals surface area contributed by atoms with Crippen molar-refractivity contribution in [1.82, 2.24) is 4.98 Å². The van der Waals surface area contributed by atoms with Gasteiger partial charge < -0.3 is 15.1 Å². The molecule has 1 fully saturated rings. The van der Waals surface area contributed by atoms with Crippen molar-refractivity contribution in [2.45, 2.75) is 57.8 Å². The van der Waals surface area contributed by atoms with E-state index in [0.717, 1.165) is 37.1 Å². The van der Waals surface area contributed by atoms with Crippen molar-refractivity contribution in [3.63, 3.8) is 0 Å². The molecule has 0 radical (unpaired) electrons. The summed E-state index contributed by atoms with van der Waals surface area (Å²) in [6.45, 7) is 13.6. The van der Waals surface area contributed by atoms with E-state index in [0.29, 0.717) is 6.10 Å². The lowest BCUT2D eigenvalue weighted by molar-refractivity contribution is 0.152. The number of nitrogens with two attached hydrogens (primary N) is 1. The van der Waals surface area contributed by atoms with Crippen LogP contribution in [-0.4, -0.2) is 32.5 Å². The number of piperidine rings is 1. The van der Waals surface area contributed by atoms with Crippen LogP contribution >= 0.6 is 11.3 Å². The first-order valence-electron chi connectivity index (χ1n) is 8.73.